The van der Waals surface area contributed by atoms with Gasteiger partial charge in [0.05, 0.1) is 18.4 Å². The van der Waals surface area contributed by atoms with E-state index in [4.69, 9.17) is 5.21 Å². The van der Waals surface area contributed by atoms with E-state index in [2.05, 4.69) is 4.74 Å². The Morgan fingerprint density at radius 1 is 1.18 bits per heavy atom. The van der Waals surface area contributed by atoms with E-state index in [-0.39, 0.29) is 5.56 Å². The fraction of sp³-hybridized carbons (Fsp3) is 0.118. The molecule has 0 amide bonds. The minimum absolute atomic E-state index is 0.0514. The summed E-state index contributed by atoms with van der Waals surface area (Å²) in [6.07, 6.45) is 3.30. The number of carbonyl (C=O) groups excluding carboxylic acids is 1. The van der Waals surface area contributed by atoms with Crippen LogP contribution in [-0.4, -0.2) is 18.3 Å². The first-order valence-electron chi connectivity index (χ1n) is 6.62. The maximum absolute atomic E-state index is 14.4. The van der Waals surface area contributed by atoms with E-state index >= 15 is 0 Å². The number of nitrogens with one attached hydrogen (secondary N) is 1. The number of ether oxygens (including phenoxy) is 1. The average Bonchev–Trinajstić information content (AvgIpc) is 2.54. The van der Waals surface area contributed by atoms with Gasteiger partial charge in [0.2, 0.25) is 0 Å². The maximum atomic E-state index is 14.4. The molecule has 2 N–H and O–H groups in total. The molecule has 0 atom stereocenters. The predicted octanol–water partition coefficient (Wildman–Crippen LogP) is 3.89. The smallest absolute Gasteiger partial charge is 0.341 e. The van der Waals surface area contributed by atoms with Gasteiger partial charge in [-0.05, 0) is 30.2 Å². The van der Waals surface area contributed by atoms with E-state index in [1.807, 2.05) is 5.48 Å². The summed E-state index contributed by atoms with van der Waals surface area (Å²) in [6.45, 7) is 1.66. The highest BCUT2D eigenvalue weighted by atomic mass is 19.1. The fourth-order valence-electron chi connectivity index (χ4n) is 2.02. The summed E-state index contributed by atoms with van der Waals surface area (Å²) in [5.74, 6) is -1.29. The Morgan fingerprint density at radius 2 is 1.86 bits per heavy atom. The van der Waals surface area contributed by atoms with Gasteiger partial charge < -0.3 is 4.74 Å². The van der Waals surface area contributed by atoms with Crippen molar-refractivity contribution in [2.24, 2.45) is 0 Å². The monoisotopic (exact) mass is 301 g/mol. The third kappa shape index (κ3) is 3.32. The van der Waals surface area contributed by atoms with Gasteiger partial charge in [0.25, 0.3) is 0 Å². The number of hydrogen-bond donors (Lipinski definition) is 2. The number of methoxy groups -OCH3 is 1. The van der Waals surface area contributed by atoms with Crippen molar-refractivity contribution >= 4 is 23.8 Å². The molecule has 0 radical (unpaired) electrons. The van der Waals surface area contributed by atoms with Gasteiger partial charge in [-0.2, -0.15) is 0 Å². The molecule has 0 aliphatic carbocycles. The van der Waals surface area contributed by atoms with Crippen LogP contribution in [0.5, 0.6) is 0 Å². The SMILES string of the molecule is COC(=O)c1c(C)ccc(/C=C/c2ccc(NO)cc2)c1F. The number of hydrogen-bond acceptors (Lipinski definition) is 4. The molecule has 5 heteroatoms. The van der Waals surface area contributed by atoms with Crippen LogP contribution in [0.3, 0.4) is 0 Å². The molecule has 0 bridgehead atoms. The number of anilines is 1. The Balaban J connectivity index is 2.32. The van der Waals surface area contributed by atoms with Gasteiger partial charge in [0, 0.05) is 5.56 Å². The largest absolute Gasteiger partial charge is 0.465 e. The van der Waals surface area contributed by atoms with Crippen molar-refractivity contribution in [2.45, 2.75) is 6.92 Å². The summed E-state index contributed by atoms with van der Waals surface area (Å²) in [7, 11) is 1.22. The first-order chi connectivity index (χ1) is 10.6. The van der Waals surface area contributed by atoms with Crippen molar-refractivity contribution in [3.63, 3.8) is 0 Å². The summed E-state index contributed by atoms with van der Waals surface area (Å²) >= 11 is 0. The zero-order valence-electron chi connectivity index (χ0n) is 12.3. The van der Waals surface area contributed by atoms with Gasteiger partial charge in [-0.15, -0.1) is 0 Å². The molecule has 0 spiro atoms. The third-order valence-corrected chi connectivity index (χ3v) is 3.26. The van der Waals surface area contributed by atoms with Crippen molar-refractivity contribution in [3.8, 4) is 0 Å². The molecule has 4 nitrogen and oxygen atoms in total. The molecule has 0 saturated carbocycles. The second-order valence-corrected chi connectivity index (χ2v) is 4.72. The number of benzene rings is 2. The molecule has 0 heterocycles. The lowest BCUT2D eigenvalue weighted by atomic mass is 10.0. The maximum Gasteiger partial charge on any atom is 0.341 e. The van der Waals surface area contributed by atoms with Crippen LogP contribution >= 0.6 is 0 Å². The molecular formula is C17H16FNO3. The zero-order valence-corrected chi connectivity index (χ0v) is 12.3. The summed E-state index contributed by atoms with van der Waals surface area (Å²) < 4.78 is 19.0. The summed E-state index contributed by atoms with van der Waals surface area (Å²) in [4.78, 5) is 11.6. The molecule has 2 aromatic rings. The second kappa shape index (κ2) is 6.87. The molecule has 2 aromatic carbocycles. The molecule has 0 saturated heterocycles. The van der Waals surface area contributed by atoms with Crippen LogP contribution in [0.4, 0.5) is 10.1 Å². The average molecular weight is 301 g/mol. The summed E-state index contributed by atoms with van der Waals surface area (Å²) in [6, 6.07) is 10.2. The zero-order chi connectivity index (χ0) is 16.1. The van der Waals surface area contributed by atoms with Crippen LogP contribution in [0.1, 0.15) is 27.0 Å². The number of aryl methyl sites for hydroxylation is 1. The Morgan fingerprint density at radius 3 is 2.45 bits per heavy atom. The molecule has 0 aromatic heterocycles. The highest BCUT2D eigenvalue weighted by molar-refractivity contribution is 5.92. The minimum Gasteiger partial charge on any atom is -0.465 e. The minimum atomic E-state index is -0.691. The van der Waals surface area contributed by atoms with E-state index in [0.29, 0.717) is 16.8 Å². The van der Waals surface area contributed by atoms with E-state index in [9.17, 15) is 9.18 Å². The molecule has 0 aliphatic rings. The van der Waals surface area contributed by atoms with Crippen LogP contribution in [0.2, 0.25) is 0 Å². The van der Waals surface area contributed by atoms with E-state index in [1.165, 1.54) is 7.11 Å². The van der Waals surface area contributed by atoms with Crippen LogP contribution < -0.4 is 5.48 Å². The van der Waals surface area contributed by atoms with Gasteiger partial charge in [0.1, 0.15) is 5.82 Å². The first kappa shape index (κ1) is 15.7. The molecule has 0 aliphatic heterocycles. The Labute approximate surface area is 127 Å². The number of halogens is 1. The Kier molecular flexibility index (Phi) is 4.91. The molecule has 114 valence electrons. The Hall–Kier alpha value is -2.66. The quantitative estimate of drug-likeness (QED) is 0.511. The van der Waals surface area contributed by atoms with E-state index < -0.39 is 11.8 Å². The predicted molar refractivity (Wildman–Crippen MR) is 83.3 cm³/mol. The summed E-state index contributed by atoms with van der Waals surface area (Å²) in [5.41, 5.74) is 4.21. The van der Waals surface area contributed by atoms with Gasteiger partial charge in [0.15, 0.2) is 0 Å². The van der Waals surface area contributed by atoms with Crippen molar-refractivity contribution < 1.29 is 19.1 Å². The van der Waals surface area contributed by atoms with E-state index in [1.54, 1.807) is 55.5 Å². The topological polar surface area (TPSA) is 58.6 Å². The third-order valence-electron chi connectivity index (χ3n) is 3.26. The number of carbonyl (C=O) groups is 1. The molecule has 2 rings (SSSR count). The summed E-state index contributed by atoms with van der Waals surface area (Å²) in [5, 5.41) is 8.74. The lowest BCUT2D eigenvalue weighted by Gasteiger charge is -2.07. The van der Waals surface area contributed by atoms with Crippen LogP contribution in [0.15, 0.2) is 36.4 Å². The van der Waals surface area contributed by atoms with Gasteiger partial charge in [-0.1, -0.05) is 36.4 Å². The highest BCUT2D eigenvalue weighted by Gasteiger charge is 2.17. The molecule has 0 unspecified atom stereocenters. The Bertz CT molecular complexity index is 709. The fourth-order valence-corrected chi connectivity index (χ4v) is 2.02. The lowest BCUT2D eigenvalue weighted by molar-refractivity contribution is 0.0594. The van der Waals surface area contributed by atoms with Crippen LogP contribution in [0, 0.1) is 12.7 Å². The van der Waals surface area contributed by atoms with Gasteiger partial charge >= 0.3 is 5.97 Å². The second-order valence-electron chi connectivity index (χ2n) is 4.72. The normalized spacial score (nSPS) is 10.7. The van der Waals surface area contributed by atoms with E-state index in [0.717, 1.165) is 5.56 Å². The van der Waals surface area contributed by atoms with Gasteiger partial charge in [-0.3, -0.25) is 10.7 Å². The van der Waals surface area contributed by atoms with Crippen LogP contribution in [-0.2, 0) is 4.74 Å². The van der Waals surface area contributed by atoms with Crippen molar-refractivity contribution in [1.82, 2.24) is 0 Å². The number of esters is 1. The molecule has 22 heavy (non-hydrogen) atoms. The lowest BCUT2D eigenvalue weighted by Crippen LogP contribution is -2.08. The number of rotatable bonds is 4. The molecular weight excluding hydrogens is 285 g/mol. The molecule has 0 fully saturated rings. The van der Waals surface area contributed by atoms with Crippen molar-refractivity contribution in [1.29, 1.82) is 0 Å². The van der Waals surface area contributed by atoms with Crippen LogP contribution in [0.25, 0.3) is 12.2 Å². The highest BCUT2D eigenvalue weighted by Crippen LogP contribution is 2.21. The first-order valence-corrected chi connectivity index (χ1v) is 6.62. The van der Waals surface area contributed by atoms with Crippen molar-refractivity contribution in [2.75, 3.05) is 12.6 Å². The standard InChI is InChI=1S/C17H16FNO3/c1-11-3-7-13(16(18)15(11)17(20)22-2)8-4-12-5-9-14(19-21)10-6-12/h3-10,19,21H,1-2H3/b8-4+. The van der Waals surface area contributed by atoms with Gasteiger partial charge in [-0.25, -0.2) is 9.18 Å². The van der Waals surface area contributed by atoms with Crippen molar-refractivity contribution in [3.05, 3.63) is 64.5 Å².